The maximum atomic E-state index is 16.4. The fraction of sp³-hybridized carbons (Fsp3) is 0.337. The van der Waals surface area contributed by atoms with E-state index in [4.69, 9.17) is 4.74 Å². The van der Waals surface area contributed by atoms with E-state index in [1.54, 1.807) is 52.7 Å². The largest absolute Gasteiger partial charge is 0.507 e. The Balaban J connectivity index is 0.000000143. The van der Waals surface area contributed by atoms with Gasteiger partial charge in [-0.2, -0.15) is 0 Å². The summed E-state index contributed by atoms with van der Waals surface area (Å²) in [6.07, 6.45) is 5.21. The number of hydrogen-bond donors (Lipinski definition) is 3. The number of phenolic OH excluding ortho intramolecular Hbond substituents is 3. The van der Waals surface area contributed by atoms with E-state index >= 15 is 26.7 Å². The Labute approximate surface area is 794 Å². The summed E-state index contributed by atoms with van der Waals surface area (Å²) >= 11 is 2.37. The molecule has 0 spiro atoms. The molecule has 138 heavy (non-hydrogen) atoms. The lowest BCUT2D eigenvalue weighted by molar-refractivity contribution is -0.132. The summed E-state index contributed by atoms with van der Waals surface area (Å²) in [6.45, 7) is 31.0. The third-order valence-corrected chi connectivity index (χ3v) is 27.8. The third kappa shape index (κ3) is 15.8. The highest BCUT2D eigenvalue weighted by molar-refractivity contribution is 7.12. The normalized spacial score (nSPS) is 18.5. The number of halogens is 6. The van der Waals surface area contributed by atoms with Gasteiger partial charge in [-0.1, -0.05) is 79.5 Å². The summed E-state index contributed by atoms with van der Waals surface area (Å²) in [5, 5.41) is 33.2. The second kappa shape index (κ2) is 36.9. The van der Waals surface area contributed by atoms with Crippen LogP contribution in [0.15, 0.2) is 148 Å². The fourth-order valence-electron chi connectivity index (χ4n) is 19.4. The van der Waals surface area contributed by atoms with Gasteiger partial charge in [0, 0.05) is 80.3 Å². The van der Waals surface area contributed by atoms with Crippen LogP contribution < -0.4 is 46.1 Å². The van der Waals surface area contributed by atoms with Gasteiger partial charge in [0.05, 0.1) is 106 Å². The molecule has 0 radical (unpaired) electrons. The van der Waals surface area contributed by atoms with Crippen molar-refractivity contribution in [3.63, 3.8) is 0 Å². The molecule has 3 N–H and O–H groups in total. The molecule has 32 nitrogen and oxygen atoms in total. The van der Waals surface area contributed by atoms with E-state index in [0.29, 0.717) is 50.6 Å². The maximum absolute atomic E-state index is 16.4. The van der Waals surface area contributed by atoms with Crippen molar-refractivity contribution in [1.82, 2.24) is 63.2 Å². The van der Waals surface area contributed by atoms with Crippen LogP contribution in [0, 0.1) is 41.8 Å². The van der Waals surface area contributed by atoms with Gasteiger partial charge < -0.3 is 64.2 Å². The number of likely N-dealkylation sites (N-methyl/N-ethyl adjacent to an activating group) is 2. The lowest BCUT2D eigenvalue weighted by Gasteiger charge is -2.52. The van der Waals surface area contributed by atoms with Crippen molar-refractivity contribution < 1.29 is 75.2 Å². The van der Waals surface area contributed by atoms with Crippen molar-refractivity contribution in [1.29, 1.82) is 0 Å². The lowest BCUT2D eigenvalue weighted by atomic mass is 9.96. The number of benzene rings is 3. The molecule has 19 rings (SSSR count). The first-order valence-electron chi connectivity index (χ1n) is 44.6. The molecule has 6 unspecified atom stereocenters. The molecule has 716 valence electrons. The molecule has 4 saturated heterocycles. The number of nitrogens with zero attached hydrogens (tertiary/aromatic N) is 19. The molecular formula is C98H97F6N19O13S2. The van der Waals surface area contributed by atoms with E-state index in [9.17, 15) is 58.1 Å². The first-order valence-corrected chi connectivity index (χ1v) is 46.4. The van der Waals surface area contributed by atoms with Crippen molar-refractivity contribution in [3.05, 3.63) is 223 Å². The monoisotopic (exact) mass is 1930 g/mol. The van der Waals surface area contributed by atoms with Crippen LogP contribution in [0.5, 0.6) is 17.2 Å². The number of anilines is 6. The number of carbonyl (C=O) groups excluding carboxylic acids is 6. The number of amides is 6. The summed E-state index contributed by atoms with van der Waals surface area (Å²) in [5.74, 6) is -9.56. The van der Waals surface area contributed by atoms with E-state index in [0.717, 1.165) is 24.3 Å². The van der Waals surface area contributed by atoms with Crippen LogP contribution in [0.25, 0.3) is 82.6 Å². The highest BCUT2D eigenvalue weighted by Gasteiger charge is 2.53. The van der Waals surface area contributed by atoms with Crippen LogP contribution in [0.2, 0.25) is 0 Å². The zero-order valence-corrected chi connectivity index (χ0v) is 79.1. The number of thiazole rings is 2. The first kappa shape index (κ1) is 95.2. The molecule has 7 aliphatic heterocycles. The smallest absolute Gasteiger partial charge is 0.283 e. The molecular weight excluding hydrogens is 1830 g/mol. The fourth-order valence-corrected chi connectivity index (χ4v) is 21.3. The summed E-state index contributed by atoms with van der Waals surface area (Å²) in [7, 11) is 5.16. The first-order chi connectivity index (χ1) is 65.7. The molecule has 0 saturated carbocycles. The van der Waals surface area contributed by atoms with E-state index in [-0.39, 0.29) is 180 Å². The molecule has 0 bridgehead atoms. The zero-order valence-electron chi connectivity index (χ0n) is 77.4. The Morgan fingerprint density at radius 1 is 0.478 bits per heavy atom. The maximum Gasteiger partial charge on any atom is 0.283 e. The topological polar surface area (TPSA) is 348 Å². The SMILES string of the molecule is C=CC(=O)N1CC2C(=O)N(C)c3c(c4cc(F)c(-c5c(O)cccc5F)nc4n(-c4scnc4C(C)C)c3=O)N2CC1C.C=CC(=O)N1CC2C(=O)N(C3COC3)c3c(c4cc(F)c(-c5c(O)cccc5F)nc4n(-c4c(C)ccnc4C(C)C)c3=O)N2CC1C.C=CC(=O)N1CC2C(=O)N(CCN(C)C)c3c(c4cc(F)c(-c5c(O)cccc5F)nc4n(-c4scnc4C(C)C)c3=O)N2CC1C. The molecule has 3 aromatic carbocycles. The average molecular weight is 1930 g/mol. The Kier molecular flexibility index (Phi) is 25.4. The molecule has 9 aromatic heterocycles. The van der Waals surface area contributed by atoms with Crippen LogP contribution in [0.4, 0.5) is 60.5 Å². The van der Waals surface area contributed by atoms with Crippen molar-refractivity contribution in [3.8, 4) is 66.7 Å². The van der Waals surface area contributed by atoms with Crippen molar-refractivity contribution in [2.24, 2.45) is 0 Å². The third-order valence-electron chi connectivity index (χ3n) is 26.2. The molecule has 6 atom stereocenters. The number of piperazine rings is 3. The molecule has 6 amide bonds. The number of ether oxygens (including phenoxy) is 1. The summed E-state index contributed by atoms with van der Waals surface area (Å²) in [6, 6.07) is 11.8. The standard InChI is InChI=1S/C35H34F2N6O5.C33H35F2N7O4S.C30H28F2N6O4S/c1-6-26(45)40-14-24-34(46)42(20-15-48-16-20)32-31(41(24)13-19(40)5)21-12-23(37)29(27-22(36)8-7-9-25(27)44)39-33(21)43(35(32)47)30-18(4)10-11-38-28(30)17(2)3;1-7-24(44)40-15-22-31(45)39(12-11-38(5)6)29-28(41(22)14-18(40)4)19-13-21(35)27(25-20(34)9-8-10-23(25)43)37-30(19)42(32(29)46)33-26(17(2)3)36-16-47-33;1-6-21(40)36-12-19-28(41)35(5)26-25(37(19)11-15(36)4)16-10-18(32)24(22-17(31)8-7-9-20(22)39)34-27(16)38(29(26)42)30-23(14(2)3)33-13-43-30/h6-12,17,19-20,24,44H,1,13-16H2,2-5H3;7-10,13,16-18,22,43H,1,11-12,14-15H2,2-6H3;6-10,13-15,19,39H,1,11-12H2,2-5H3. The Morgan fingerprint density at radius 3 is 1.22 bits per heavy atom. The number of aryl methyl sites for hydroxylation is 1. The van der Waals surface area contributed by atoms with E-state index in [1.807, 2.05) is 88.2 Å². The van der Waals surface area contributed by atoms with E-state index in [1.165, 1.54) is 125 Å². The Morgan fingerprint density at radius 2 is 0.848 bits per heavy atom. The van der Waals surface area contributed by atoms with Gasteiger partial charge in [-0.25, -0.2) is 60.4 Å². The van der Waals surface area contributed by atoms with Gasteiger partial charge in [0.2, 0.25) is 17.7 Å². The minimum atomic E-state index is -0.942. The van der Waals surface area contributed by atoms with Crippen molar-refractivity contribution in [2.45, 2.75) is 129 Å². The van der Waals surface area contributed by atoms with Crippen LogP contribution in [-0.2, 0) is 33.5 Å². The van der Waals surface area contributed by atoms with Gasteiger partial charge in [-0.05, 0) is 144 Å². The van der Waals surface area contributed by atoms with Crippen LogP contribution >= 0.6 is 22.7 Å². The van der Waals surface area contributed by atoms with Gasteiger partial charge in [0.1, 0.15) is 97.0 Å². The zero-order chi connectivity index (χ0) is 99.0. The van der Waals surface area contributed by atoms with Crippen molar-refractivity contribution >= 4 is 125 Å². The van der Waals surface area contributed by atoms with E-state index < -0.39 is 139 Å². The van der Waals surface area contributed by atoms with Crippen molar-refractivity contribution in [2.75, 3.05) is 116 Å². The van der Waals surface area contributed by atoms with E-state index in [2.05, 4.69) is 49.6 Å². The number of rotatable bonds is 16. The number of phenols is 3. The predicted octanol–water partition coefficient (Wildman–Crippen LogP) is 12.5. The Bertz CT molecular complexity index is 7280. The second-order valence-corrected chi connectivity index (χ2v) is 37.8. The number of pyridine rings is 7. The number of aromatic hydroxyl groups is 3. The highest BCUT2D eigenvalue weighted by Crippen LogP contribution is 2.51. The Hall–Kier alpha value is -14.5. The minimum absolute atomic E-state index is 0.00713. The molecule has 40 heteroatoms. The summed E-state index contributed by atoms with van der Waals surface area (Å²) in [4.78, 5) is 168. The number of aromatic nitrogens is 9. The molecule has 7 aliphatic rings. The summed E-state index contributed by atoms with van der Waals surface area (Å²) < 4.78 is 103. The number of hydrogen-bond acceptors (Lipinski definition) is 25. The summed E-state index contributed by atoms with van der Waals surface area (Å²) in [5.41, 5.74) is 2.43. The predicted molar refractivity (Wildman–Crippen MR) is 513 cm³/mol. The molecule has 16 heterocycles. The number of fused-ring (bicyclic) bond motifs is 15. The highest BCUT2D eigenvalue weighted by atomic mass is 32.1. The molecule has 4 fully saturated rings. The van der Waals surface area contributed by atoms with Crippen LogP contribution in [0.3, 0.4) is 0 Å². The lowest BCUT2D eigenvalue weighted by Crippen LogP contribution is -2.69. The van der Waals surface area contributed by atoms with Crippen LogP contribution in [-0.4, -0.2) is 243 Å². The molecule has 0 aliphatic carbocycles. The second-order valence-electron chi connectivity index (χ2n) is 36.1. The average Bonchev–Trinajstić information content (AvgIpc) is 1.39. The quantitative estimate of drug-likeness (QED) is 0.0597. The van der Waals surface area contributed by atoms with Gasteiger partial charge >= 0.3 is 0 Å². The van der Waals surface area contributed by atoms with Gasteiger partial charge in [0.15, 0.2) is 34.4 Å². The van der Waals surface area contributed by atoms with Crippen LogP contribution in [0.1, 0.15) is 103 Å². The van der Waals surface area contributed by atoms with Gasteiger partial charge in [-0.15, -0.1) is 22.7 Å². The van der Waals surface area contributed by atoms with Gasteiger partial charge in [0.25, 0.3) is 34.4 Å². The number of carbonyl (C=O) groups is 6. The van der Waals surface area contributed by atoms with Gasteiger partial charge in [-0.3, -0.25) is 57.6 Å². The molecule has 12 aromatic rings. The minimum Gasteiger partial charge on any atom is -0.507 e.